The third-order valence-electron chi connectivity index (χ3n) is 2.83. The lowest BCUT2D eigenvalue weighted by Crippen LogP contribution is -2.28. The number of anilines is 1. The van der Waals surface area contributed by atoms with Crippen LogP contribution in [0.4, 0.5) is 10.1 Å². The normalized spacial score (nSPS) is 19.3. The van der Waals surface area contributed by atoms with Crippen molar-refractivity contribution in [2.45, 2.75) is 25.0 Å². The number of hydrogen-bond acceptors (Lipinski definition) is 4. The van der Waals surface area contributed by atoms with Crippen LogP contribution in [0.3, 0.4) is 0 Å². The smallest absolute Gasteiger partial charge is 0.240 e. The number of carbonyl (C=O) groups is 2. The van der Waals surface area contributed by atoms with Gasteiger partial charge in [-0.15, -0.1) is 0 Å². The Morgan fingerprint density at radius 3 is 3.00 bits per heavy atom. The van der Waals surface area contributed by atoms with Crippen molar-refractivity contribution in [3.05, 3.63) is 29.0 Å². The number of carbonyl (C=O) groups excluding carboxylic acids is 2. The topological polar surface area (TPSA) is 70.6 Å². The molecule has 0 unspecified atom stereocenters. The van der Waals surface area contributed by atoms with Gasteiger partial charge in [-0.05, 0) is 24.6 Å². The van der Waals surface area contributed by atoms with Crippen LogP contribution in [-0.4, -0.2) is 28.8 Å². The molecule has 5 nitrogen and oxygen atoms in total. The summed E-state index contributed by atoms with van der Waals surface area (Å²) in [5.41, 5.74) is 0.389. The van der Waals surface area contributed by atoms with E-state index in [1.807, 2.05) is 6.92 Å². The third kappa shape index (κ3) is 4.45. The van der Waals surface area contributed by atoms with Gasteiger partial charge in [0, 0.05) is 18.7 Å². The molecule has 1 atom stereocenters. The quantitative estimate of drug-likeness (QED) is 0.863. The van der Waals surface area contributed by atoms with Crippen LogP contribution in [0, 0.1) is 5.82 Å². The molecule has 1 aromatic carbocycles. The number of nitrogens with zero attached hydrogens (tertiary/aromatic N) is 1. The fourth-order valence-electron chi connectivity index (χ4n) is 1.78. The second-order valence-corrected chi connectivity index (χ2v) is 6.26. The minimum Gasteiger partial charge on any atom is -0.326 e. The van der Waals surface area contributed by atoms with E-state index in [4.69, 9.17) is 11.6 Å². The van der Waals surface area contributed by atoms with Gasteiger partial charge in [0.25, 0.3) is 0 Å². The molecule has 1 fully saturated rings. The SMILES string of the molecule is CCCN=C1NC(=O)[C@H](CC(=O)Nc2ccc(F)c(Cl)c2)S1. The maximum Gasteiger partial charge on any atom is 0.240 e. The first-order valence-electron chi connectivity index (χ1n) is 6.76. The molecule has 0 saturated carbocycles. The molecular weight excluding hydrogens is 329 g/mol. The Hall–Kier alpha value is -1.60. The van der Waals surface area contributed by atoms with Crippen LogP contribution in [0.15, 0.2) is 23.2 Å². The van der Waals surface area contributed by atoms with Crippen molar-refractivity contribution in [1.82, 2.24) is 5.32 Å². The Morgan fingerprint density at radius 1 is 1.55 bits per heavy atom. The molecule has 0 radical (unpaired) electrons. The summed E-state index contributed by atoms with van der Waals surface area (Å²) in [5.74, 6) is -1.12. The predicted octanol–water partition coefficient (Wildman–Crippen LogP) is 2.81. The zero-order chi connectivity index (χ0) is 16.1. The summed E-state index contributed by atoms with van der Waals surface area (Å²) in [6, 6.07) is 3.91. The van der Waals surface area contributed by atoms with E-state index < -0.39 is 11.1 Å². The first kappa shape index (κ1) is 16.8. The standard InChI is InChI=1S/C14H15ClFN3O2S/c1-2-5-17-14-19-13(21)11(22-14)7-12(20)18-8-3-4-10(16)9(15)6-8/h3-4,6,11H,2,5,7H2,1H3,(H,18,20)(H,17,19,21)/t11-/m0/s1. The van der Waals surface area contributed by atoms with Crippen molar-refractivity contribution in [3.63, 3.8) is 0 Å². The molecule has 1 aliphatic rings. The lowest BCUT2D eigenvalue weighted by Gasteiger charge is -2.08. The molecule has 2 N–H and O–H groups in total. The summed E-state index contributed by atoms with van der Waals surface area (Å²) in [6.45, 7) is 2.62. The maximum absolute atomic E-state index is 13.0. The Morgan fingerprint density at radius 2 is 2.32 bits per heavy atom. The monoisotopic (exact) mass is 343 g/mol. The molecule has 1 heterocycles. The minimum absolute atomic E-state index is 0.0106. The summed E-state index contributed by atoms with van der Waals surface area (Å²) in [5, 5.41) is 5.21. The highest BCUT2D eigenvalue weighted by Gasteiger charge is 2.31. The van der Waals surface area contributed by atoms with Crippen LogP contribution in [0.1, 0.15) is 19.8 Å². The molecule has 0 bridgehead atoms. The van der Waals surface area contributed by atoms with Crippen LogP contribution in [0.25, 0.3) is 0 Å². The molecule has 0 aromatic heterocycles. The number of amidine groups is 1. The molecule has 2 rings (SSSR count). The van der Waals surface area contributed by atoms with Gasteiger partial charge in [-0.25, -0.2) is 4.39 Å². The first-order valence-corrected chi connectivity index (χ1v) is 8.02. The number of rotatable bonds is 5. The number of halogens is 2. The molecule has 2 amide bonds. The fraction of sp³-hybridized carbons (Fsp3) is 0.357. The summed E-state index contributed by atoms with van der Waals surface area (Å²) < 4.78 is 13.0. The van der Waals surface area contributed by atoms with Gasteiger partial charge in [0.15, 0.2) is 5.17 Å². The lowest BCUT2D eigenvalue weighted by atomic mass is 10.2. The van der Waals surface area contributed by atoms with Crippen molar-refractivity contribution in [3.8, 4) is 0 Å². The van der Waals surface area contributed by atoms with Crippen molar-refractivity contribution < 1.29 is 14.0 Å². The Balaban J connectivity index is 1.92. The number of nitrogens with one attached hydrogen (secondary N) is 2. The van der Waals surface area contributed by atoms with E-state index in [-0.39, 0.29) is 23.3 Å². The Kier molecular flexibility index (Phi) is 5.79. The number of thioether (sulfide) groups is 1. The number of aliphatic imine (C=N–C) groups is 1. The Bertz CT molecular complexity index is 624. The molecular formula is C14H15ClFN3O2S. The molecule has 1 aromatic rings. The molecule has 118 valence electrons. The van der Waals surface area contributed by atoms with E-state index >= 15 is 0 Å². The second kappa shape index (κ2) is 7.60. The van der Waals surface area contributed by atoms with Crippen LogP contribution >= 0.6 is 23.4 Å². The molecule has 22 heavy (non-hydrogen) atoms. The van der Waals surface area contributed by atoms with Crippen LogP contribution in [0.2, 0.25) is 5.02 Å². The summed E-state index contributed by atoms with van der Waals surface area (Å²) in [4.78, 5) is 27.9. The van der Waals surface area contributed by atoms with Crippen molar-refractivity contribution >= 4 is 46.0 Å². The van der Waals surface area contributed by atoms with Crippen LogP contribution < -0.4 is 10.6 Å². The van der Waals surface area contributed by atoms with E-state index in [9.17, 15) is 14.0 Å². The molecule has 0 spiro atoms. The van der Waals surface area contributed by atoms with Gasteiger partial charge in [0.05, 0.1) is 5.02 Å². The van der Waals surface area contributed by atoms with Gasteiger partial charge in [0.1, 0.15) is 11.1 Å². The van der Waals surface area contributed by atoms with Gasteiger partial charge >= 0.3 is 0 Å². The van der Waals surface area contributed by atoms with E-state index in [0.29, 0.717) is 17.4 Å². The predicted molar refractivity (Wildman–Crippen MR) is 86.8 cm³/mol. The van der Waals surface area contributed by atoms with E-state index in [2.05, 4.69) is 15.6 Å². The van der Waals surface area contributed by atoms with Crippen molar-refractivity contribution in [2.24, 2.45) is 4.99 Å². The number of hydrogen-bond donors (Lipinski definition) is 2. The molecule has 1 aliphatic heterocycles. The average molecular weight is 344 g/mol. The van der Waals surface area contributed by atoms with Crippen LogP contribution in [-0.2, 0) is 9.59 Å². The van der Waals surface area contributed by atoms with Gasteiger partial charge in [0.2, 0.25) is 11.8 Å². The highest BCUT2D eigenvalue weighted by Crippen LogP contribution is 2.24. The third-order valence-corrected chi connectivity index (χ3v) is 4.24. The van der Waals surface area contributed by atoms with E-state index in [1.54, 1.807) is 0 Å². The average Bonchev–Trinajstić information content (AvgIpc) is 2.81. The second-order valence-electron chi connectivity index (χ2n) is 4.66. The highest BCUT2D eigenvalue weighted by molar-refractivity contribution is 8.15. The van der Waals surface area contributed by atoms with E-state index in [0.717, 1.165) is 6.42 Å². The zero-order valence-electron chi connectivity index (χ0n) is 11.9. The van der Waals surface area contributed by atoms with Gasteiger partial charge in [-0.1, -0.05) is 30.3 Å². The molecule has 0 aliphatic carbocycles. The maximum atomic E-state index is 13.0. The Labute approximate surface area is 136 Å². The van der Waals surface area contributed by atoms with E-state index in [1.165, 1.54) is 30.0 Å². The van der Waals surface area contributed by atoms with Gasteiger partial charge in [-0.2, -0.15) is 0 Å². The summed E-state index contributed by atoms with van der Waals surface area (Å²) >= 11 is 6.89. The fourth-order valence-corrected chi connectivity index (χ4v) is 2.96. The van der Waals surface area contributed by atoms with Crippen LogP contribution in [0.5, 0.6) is 0 Å². The molecule has 1 saturated heterocycles. The summed E-state index contributed by atoms with van der Waals surface area (Å²) in [6.07, 6.45) is 0.896. The minimum atomic E-state index is -0.554. The van der Waals surface area contributed by atoms with Gasteiger partial charge < -0.3 is 10.6 Å². The zero-order valence-corrected chi connectivity index (χ0v) is 13.4. The highest BCUT2D eigenvalue weighted by atomic mass is 35.5. The molecule has 8 heteroatoms. The number of benzene rings is 1. The first-order chi connectivity index (χ1) is 10.5. The van der Waals surface area contributed by atoms with Crippen molar-refractivity contribution in [1.29, 1.82) is 0 Å². The number of amides is 2. The lowest BCUT2D eigenvalue weighted by molar-refractivity contribution is -0.122. The largest absolute Gasteiger partial charge is 0.326 e. The van der Waals surface area contributed by atoms with Gasteiger partial charge in [-0.3, -0.25) is 14.6 Å². The van der Waals surface area contributed by atoms with Crippen molar-refractivity contribution in [2.75, 3.05) is 11.9 Å². The summed E-state index contributed by atoms with van der Waals surface area (Å²) in [7, 11) is 0.